The van der Waals surface area contributed by atoms with E-state index >= 15 is 0 Å². The van der Waals surface area contributed by atoms with Crippen LogP contribution in [0.4, 0.5) is 19.0 Å². The minimum atomic E-state index is -4.46. The van der Waals surface area contributed by atoms with Crippen molar-refractivity contribution in [2.75, 3.05) is 51.4 Å². The van der Waals surface area contributed by atoms with Gasteiger partial charge < -0.3 is 25.0 Å². The molecule has 2 aliphatic rings. The van der Waals surface area contributed by atoms with E-state index in [4.69, 9.17) is 21.1 Å². The van der Waals surface area contributed by atoms with Gasteiger partial charge in [0.05, 0.1) is 29.9 Å². The minimum absolute atomic E-state index is 0.00336. The largest absolute Gasteiger partial charge is 0.417 e. The highest BCUT2D eigenvalue weighted by Gasteiger charge is 2.33. The first-order chi connectivity index (χ1) is 14.4. The fourth-order valence-electron chi connectivity index (χ4n) is 3.51. The van der Waals surface area contributed by atoms with Gasteiger partial charge in [-0.15, -0.1) is 0 Å². The summed E-state index contributed by atoms with van der Waals surface area (Å²) in [6, 6.07) is 0.992. The van der Waals surface area contributed by atoms with Crippen LogP contribution in [0.5, 0.6) is 0 Å². The molecule has 7 nitrogen and oxygen atoms in total. The Morgan fingerprint density at radius 2 is 2.27 bits per heavy atom. The smallest absolute Gasteiger partial charge is 0.377 e. The number of nitrogens with one attached hydrogen (secondary N) is 2. The summed E-state index contributed by atoms with van der Waals surface area (Å²) >= 11 is 6.06. The van der Waals surface area contributed by atoms with E-state index < -0.39 is 11.7 Å². The van der Waals surface area contributed by atoms with Gasteiger partial charge in [-0.05, 0) is 25.3 Å². The Kier molecular flexibility index (Phi) is 8.01. The number of aliphatic imine (C=N–C) groups is 1. The van der Waals surface area contributed by atoms with E-state index in [1.807, 2.05) is 4.90 Å². The van der Waals surface area contributed by atoms with Gasteiger partial charge >= 0.3 is 6.18 Å². The van der Waals surface area contributed by atoms with E-state index in [1.165, 1.54) is 0 Å². The van der Waals surface area contributed by atoms with E-state index in [2.05, 4.69) is 20.6 Å². The number of nitrogens with zero attached hydrogens (tertiary/aromatic N) is 3. The number of anilines is 1. The lowest BCUT2D eigenvalue weighted by molar-refractivity contribution is -0.137. The lowest BCUT2D eigenvalue weighted by Gasteiger charge is -2.21. The second kappa shape index (κ2) is 10.5. The minimum Gasteiger partial charge on any atom is -0.377 e. The molecular weight excluding hydrogens is 423 g/mol. The molecule has 0 radical (unpaired) electrons. The Morgan fingerprint density at radius 1 is 1.43 bits per heavy atom. The quantitative estimate of drug-likeness (QED) is 0.379. The van der Waals surface area contributed by atoms with Crippen LogP contribution >= 0.6 is 11.6 Å². The van der Waals surface area contributed by atoms with Crippen molar-refractivity contribution >= 4 is 23.4 Å². The number of alkyl halides is 3. The molecule has 0 bridgehead atoms. The third-order valence-electron chi connectivity index (χ3n) is 5.07. The molecule has 1 aromatic heterocycles. The van der Waals surface area contributed by atoms with Crippen molar-refractivity contribution in [3.05, 3.63) is 22.8 Å². The SMILES string of the molecule is CN=C(NCCOCC1CCCO1)NC1CCN(c2ncc(C(F)(F)F)cc2Cl)C1. The molecule has 2 N–H and O–H groups in total. The second-order valence-corrected chi connectivity index (χ2v) is 7.72. The number of guanidine groups is 1. The molecule has 168 valence electrons. The van der Waals surface area contributed by atoms with Gasteiger partial charge in [0.15, 0.2) is 5.96 Å². The first-order valence-electron chi connectivity index (χ1n) is 10.0. The van der Waals surface area contributed by atoms with Gasteiger partial charge in [0.2, 0.25) is 0 Å². The molecule has 3 rings (SSSR count). The summed E-state index contributed by atoms with van der Waals surface area (Å²) in [6.07, 6.45) is -0.511. The zero-order valence-corrected chi connectivity index (χ0v) is 17.6. The van der Waals surface area contributed by atoms with Crippen LogP contribution in [-0.4, -0.2) is 69.6 Å². The zero-order chi connectivity index (χ0) is 21.6. The van der Waals surface area contributed by atoms with Crippen molar-refractivity contribution < 1.29 is 22.6 Å². The van der Waals surface area contributed by atoms with Crippen molar-refractivity contribution in [1.82, 2.24) is 15.6 Å². The number of hydrogen-bond donors (Lipinski definition) is 2. The van der Waals surface area contributed by atoms with Crippen LogP contribution in [0.2, 0.25) is 5.02 Å². The molecule has 2 saturated heterocycles. The normalized spacial score (nSPS) is 22.6. The lowest BCUT2D eigenvalue weighted by atomic mass is 10.2. The molecule has 0 amide bonds. The van der Waals surface area contributed by atoms with Crippen molar-refractivity contribution in [2.24, 2.45) is 4.99 Å². The Labute approximate surface area is 179 Å². The summed E-state index contributed by atoms with van der Waals surface area (Å²) in [6.45, 7) is 3.77. The van der Waals surface area contributed by atoms with Gasteiger partial charge in [-0.25, -0.2) is 4.98 Å². The third-order valence-corrected chi connectivity index (χ3v) is 5.35. The number of aromatic nitrogens is 1. The van der Waals surface area contributed by atoms with E-state index in [0.717, 1.165) is 38.1 Å². The topological polar surface area (TPSA) is 71.0 Å². The molecule has 2 aliphatic heterocycles. The van der Waals surface area contributed by atoms with Crippen molar-refractivity contribution in [3.8, 4) is 0 Å². The molecule has 0 spiro atoms. The number of hydrogen-bond acceptors (Lipinski definition) is 5. The van der Waals surface area contributed by atoms with Gasteiger partial charge in [-0.2, -0.15) is 13.2 Å². The summed E-state index contributed by atoms with van der Waals surface area (Å²) in [5.74, 6) is 1.01. The van der Waals surface area contributed by atoms with Crippen LogP contribution < -0.4 is 15.5 Å². The zero-order valence-electron chi connectivity index (χ0n) is 16.8. The lowest BCUT2D eigenvalue weighted by Crippen LogP contribution is -2.45. The first kappa shape index (κ1) is 22.9. The molecule has 0 saturated carbocycles. The van der Waals surface area contributed by atoms with E-state index in [0.29, 0.717) is 44.6 Å². The maximum Gasteiger partial charge on any atom is 0.417 e. The summed E-state index contributed by atoms with van der Waals surface area (Å²) < 4.78 is 49.5. The molecule has 1 aromatic rings. The van der Waals surface area contributed by atoms with Gasteiger partial charge in [0.25, 0.3) is 0 Å². The van der Waals surface area contributed by atoms with Crippen LogP contribution in [0.25, 0.3) is 0 Å². The van der Waals surface area contributed by atoms with Crippen molar-refractivity contribution in [1.29, 1.82) is 0 Å². The molecule has 2 fully saturated rings. The average Bonchev–Trinajstić information content (AvgIpc) is 3.38. The Hall–Kier alpha value is -1.78. The number of pyridine rings is 1. The standard InChI is InChI=1S/C19H27ClF3N5O2/c1-24-18(25-5-8-29-12-15-3-2-7-30-15)27-14-4-6-28(11-14)17-16(20)9-13(10-26-17)19(21,22)23/h9-10,14-15H,2-8,11-12H2,1H3,(H2,24,25,27). The van der Waals surface area contributed by atoms with E-state index in [-0.39, 0.29) is 17.2 Å². The Balaban J connectivity index is 1.42. The van der Waals surface area contributed by atoms with Crippen LogP contribution in [0, 0.1) is 0 Å². The Bertz CT molecular complexity index is 729. The van der Waals surface area contributed by atoms with E-state index in [1.54, 1.807) is 7.05 Å². The van der Waals surface area contributed by atoms with Crippen LogP contribution in [0.3, 0.4) is 0 Å². The summed E-state index contributed by atoms with van der Waals surface area (Å²) in [7, 11) is 1.68. The average molecular weight is 450 g/mol. The van der Waals surface area contributed by atoms with Gasteiger partial charge in [-0.1, -0.05) is 11.6 Å². The molecular formula is C19H27ClF3N5O2. The number of ether oxygens (including phenoxy) is 2. The van der Waals surface area contributed by atoms with Gasteiger partial charge in [0.1, 0.15) is 5.82 Å². The third kappa shape index (κ3) is 6.36. The van der Waals surface area contributed by atoms with Crippen LogP contribution in [0.15, 0.2) is 17.3 Å². The highest BCUT2D eigenvalue weighted by molar-refractivity contribution is 6.33. The predicted molar refractivity (Wildman–Crippen MR) is 109 cm³/mol. The highest BCUT2D eigenvalue weighted by atomic mass is 35.5. The molecule has 11 heteroatoms. The maximum absolute atomic E-state index is 12.8. The molecule has 3 heterocycles. The van der Waals surface area contributed by atoms with Gasteiger partial charge in [-0.3, -0.25) is 4.99 Å². The fraction of sp³-hybridized carbons (Fsp3) is 0.684. The summed E-state index contributed by atoms with van der Waals surface area (Å²) in [5, 5.41) is 6.51. The molecule has 0 aromatic carbocycles. The fourth-order valence-corrected chi connectivity index (χ4v) is 3.79. The number of halogens is 4. The second-order valence-electron chi connectivity index (χ2n) is 7.31. The van der Waals surface area contributed by atoms with Crippen LogP contribution in [-0.2, 0) is 15.7 Å². The predicted octanol–water partition coefficient (Wildman–Crippen LogP) is 2.69. The highest BCUT2D eigenvalue weighted by Crippen LogP contribution is 2.34. The molecule has 30 heavy (non-hydrogen) atoms. The molecule has 2 atom stereocenters. The first-order valence-corrected chi connectivity index (χ1v) is 10.4. The molecule has 2 unspecified atom stereocenters. The van der Waals surface area contributed by atoms with Crippen molar-refractivity contribution in [3.63, 3.8) is 0 Å². The monoisotopic (exact) mass is 449 g/mol. The molecule has 0 aliphatic carbocycles. The maximum atomic E-state index is 12.8. The summed E-state index contributed by atoms with van der Waals surface area (Å²) in [4.78, 5) is 10.0. The summed E-state index contributed by atoms with van der Waals surface area (Å²) in [5.41, 5.74) is -0.851. The van der Waals surface area contributed by atoms with Gasteiger partial charge in [0, 0.05) is 45.5 Å². The van der Waals surface area contributed by atoms with Crippen molar-refractivity contribution in [2.45, 2.75) is 37.6 Å². The number of rotatable bonds is 7. The van der Waals surface area contributed by atoms with E-state index in [9.17, 15) is 13.2 Å². The Morgan fingerprint density at radius 3 is 2.93 bits per heavy atom. The van der Waals surface area contributed by atoms with Crippen LogP contribution in [0.1, 0.15) is 24.8 Å².